The van der Waals surface area contributed by atoms with E-state index in [-0.39, 0.29) is 29.2 Å². The summed E-state index contributed by atoms with van der Waals surface area (Å²) in [5.74, 6) is -0.206. The Kier molecular flexibility index (Phi) is 7.73. The second kappa shape index (κ2) is 10.9. The van der Waals surface area contributed by atoms with Crippen LogP contribution in [0.25, 0.3) is 6.08 Å². The van der Waals surface area contributed by atoms with Crippen molar-refractivity contribution in [3.05, 3.63) is 93.4 Å². The van der Waals surface area contributed by atoms with Gasteiger partial charge in [0.05, 0.1) is 22.7 Å². The number of rotatable bonds is 7. The smallest absolute Gasteiger partial charge is 0.266 e. The molecule has 9 heteroatoms. The molecule has 3 aromatic carbocycles. The maximum absolute atomic E-state index is 13.4. The number of thioether (sulfide) groups is 1. The van der Waals surface area contributed by atoms with Crippen molar-refractivity contribution in [2.45, 2.75) is 13.5 Å². The van der Waals surface area contributed by atoms with Gasteiger partial charge in [-0.05, 0) is 84.4 Å². The molecule has 0 bridgehead atoms. The highest BCUT2D eigenvalue weighted by Gasteiger charge is 2.32. The topological polar surface area (TPSA) is 51.1 Å². The van der Waals surface area contributed by atoms with E-state index >= 15 is 0 Å². The summed E-state index contributed by atoms with van der Waals surface area (Å²) in [6.45, 7) is 2.39. The molecule has 0 aromatic heterocycles. The van der Waals surface area contributed by atoms with Crippen LogP contribution in [0, 0.1) is 11.6 Å². The van der Waals surface area contributed by atoms with Crippen molar-refractivity contribution < 1.29 is 23.0 Å². The molecule has 0 unspecified atom stereocenters. The molecule has 5 nitrogen and oxygen atoms in total. The molecular formula is C26H21ClF2N2O3S. The Morgan fingerprint density at radius 2 is 1.86 bits per heavy atom. The molecule has 180 valence electrons. The average molecular weight is 515 g/mol. The van der Waals surface area contributed by atoms with Crippen LogP contribution in [0.1, 0.15) is 18.1 Å². The zero-order valence-corrected chi connectivity index (χ0v) is 20.5. The standard InChI is InChI=1S/C26H21ClF2N2O3S/c1-3-31-25(32)23(35-26(31)30-20-9-7-18(28)8-10-20)14-17-12-21(27)24(22(13-17)33-2)34-15-16-5-4-6-19(29)11-16/h4-14H,3,15H2,1-2H3/b23-14+,30-26?. The van der Waals surface area contributed by atoms with Crippen LogP contribution >= 0.6 is 23.4 Å². The number of halogens is 3. The number of methoxy groups -OCH3 is 1. The van der Waals surface area contributed by atoms with E-state index in [1.165, 1.54) is 43.1 Å². The van der Waals surface area contributed by atoms with Crippen LogP contribution in [0.15, 0.2) is 70.6 Å². The van der Waals surface area contributed by atoms with E-state index in [1.54, 1.807) is 47.4 Å². The molecule has 0 spiro atoms. The molecule has 0 atom stereocenters. The maximum Gasteiger partial charge on any atom is 0.266 e. The van der Waals surface area contributed by atoms with Gasteiger partial charge in [0.2, 0.25) is 0 Å². The van der Waals surface area contributed by atoms with Crippen molar-refractivity contribution in [2.75, 3.05) is 13.7 Å². The lowest BCUT2D eigenvalue weighted by Crippen LogP contribution is -2.28. The third-order valence-corrected chi connectivity index (χ3v) is 6.36. The van der Waals surface area contributed by atoms with E-state index in [4.69, 9.17) is 21.1 Å². The number of hydrogen-bond donors (Lipinski definition) is 0. The first-order chi connectivity index (χ1) is 16.9. The van der Waals surface area contributed by atoms with Gasteiger partial charge in [-0.15, -0.1) is 0 Å². The SMILES string of the molecule is CCN1C(=O)/C(=C\c2cc(Cl)c(OCc3cccc(F)c3)c(OC)c2)SC1=Nc1ccc(F)cc1. The highest BCUT2D eigenvalue weighted by Crippen LogP contribution is 2.39. The Bertz CT molecular complexity index is 1310. The van der Waals surface area contributed by atoms with Gasteiger partial charge in [0.15, 0.2) is 16.7 Å². The second-order valence-electron chi connectivity index (χ2n) is 7.48. The summed E-state index contributed by atoms with van der Waals surface area (Å²) < 4.78 is 37.9. The van der Waals surface area contributed by atoms with E-state index in [9.17, 15) is 13.6 Å². The summed E-state index contributed by atoms with van der Waals surface area (Å²) in [6, 6.07) is 15.2. The van der Waals surface area contributed by atoms with Crippen LogP contribution in [0.2, 0.25) is 5.02 Å². The molecule has 0 N–H and O–H groups in total. The molecule has 35 heavy (non-hydrogen) atoms. The minimum Gasteiger partial charge on any atom is -0.493 e. The van der Waals surface area contributed by atoms with Crippen LogP contribution in [0.4, 0.5) is 14.5 Å². The fraction of sp³-hybridized carbons (Fsp3) is 0.154. The molecule has 1 heterocycles. The molecule has 1 aliphatic heterocycles. The first-order valence-electron chi connectivity index (χ1n) is 10.7. The van der Waals surface area contributed by atoms with E-state index in [0.717, 1.165) is 0 Å². The average Bonchev–Trinajstić information content (AvgIpc) is 3.13. The lowest BCUT2D eigenvalue weighted by atomic mass is 10.1. The van der Waals surface area contributed by atoms with E-state index in [0.29, 0.717) is 44.9 Å². The van der Waals surface area contributed by atoms with Crippen molar-refractivity contribution in [3.63, 3.8) is 0 Å². The third kappa shape index (κ3) is 5.83. The van der Waals surface area contributed by atoms with Crippen molar-refractivity contribution >= 4 is 46.2 Å². The number of hydrogen-bond acceptors (Lipinski definition) is 5. The van der Waals surface area contributed by atoms with Crippen molar-refractivity contribution in [3.8, 4) is 11.5 Å². The number of carbonyl (C=O) groups is 1. The van der Waals surface area contributed by atoms with Gasteiger partial charge in [0.1, 0.15) is 18.2 Å². The number of likely N-dealkylation sites (N-methyl/N-ethyl adjacent to an activating group) is 1. The Labute approximate surface area is 211 Å². The van der Waals surface area contributed by atoms with Gasteiger partial charge in [-0.3, -0.25) is 9.69 Å². The second-order valence-corrected chi connectivity index (χ2v) is 8.90. The molecule has 1 amide bonds. The largest absolute Gasteiger partial charge is 0.493 e. The first kappa shape index (κ1) is 24.8. The summed E-state index contributed by atoms with van der Waals surface area (Å²) >= 11 is 7.69. The maximum atomic E-state index is 13.4. The Hall–Kier alpha value is -3.36. The highest BCUT2D eigenvalue weighted by atomic mass is 35.5. The molecule has 4 rings (SSSR count). The number of aliphatic imine (C=N–C) groups is 1. The van der Waals surface area contributed by atoms with Gasteiger partial charge in [0, 0.05) is 6.54 Å². The quantitative estimate of drug-likeness (QED) is 0.324. The lowest BCUT2D eigenvalue weighted by Gasteiger charge is -2.14. The number of amidine groups is 1. The Balaban J connectivity index is 1.59. The lowest BCUT2D eigenvalue weighted by molar-refractivity contribution is -0.122. The van der Waals surface area contributed by atoms with Gasteiger partial charge >= 0.3 is 0 Å². The van der Waals surface area contributed by atoms with Crippen molar-refractivity contribution in [1.29, 1.82) is 0 Å². The highest BCUT2D eigenvalue weighted by molar-refractivity contribution is 8.18. The van der Waals surface area contributed by atoms with Gasteiger partial charge in [-0.25, -0.2) is 13.8 Å². The summed E-state index contributed by atoms with van der Waals surface area (Å²) in [5.41, 5.74) is 1.83. The van der Waals surface area contributed by atoms with E-state index in [1.807, 2.05) is 6.92 Å². The molecule has 1 saturated heterocycles. The number of ether oxygens (including phenoxy) is 2. The van der Waals surface area contributed by atoms with Crippen LogP contribution < -0.4 is 9.47 Å². The summed E-state index contributed by atoms with van der Waals surface area (Å²) in [6.07, 6.45) is 1.70. The first-order valence-corrected chi connectivity index (χ1v) is 11.9. The number of carbonyl (C=O) groups excluding carboxylic acids is 1. The predicted molar refractivity (Wildman–Crippen MR) is 135 cm³/mol. The molecule has 0 aliphatic carbocycles. The number of nitrogens with zero attached hydrogens (tertiary/aromatic N) is 2. The van der Waals surface area contributed by atoms with E-state index in [2.05, 4.69) is 4.99 Å². The molecule has 1 fully saturated rings. The molecular weight excluding hydrogens is 494 g/mol. The zero-order valence-electron chi connectivity index (χ0n) is 18.9. The van der Waals surface area contributed by atoms with Crippen LogP contribution in [-0.4, -0.2) is 29.6 Å². The van der Waals surface area contributed by atoms with Crippen LogP contribution in [-0.2, 0) is 11.4 Å². The Morgan fingerprint density at radius 1 is 1.09 bits per heavy atom. The zero-order chi connectivity index (χ0) is 24.9. The van der Waals surface area contributed by atoms with E-state index < -0.39 is 0 Å². The van der Waals surface area contributed by atoms with Gasteiger partial charge in [-0.2, -0.15) is 0 Å². The molecule has 3 aromatic rings. The summed E-state index contributed by atoms with van der Waals surface area (Å²) in [4.78, 5) is 19.5. The summed E-state index contributed by atoms with van der Waals surface area (Å²) in [5, 5.41) is 0.791. The van der Waals surface area contributed by atoms with Gasteiger partial charge < -0.3 is 9.47 Å². The van der Waals surface area contributed by atoms with Crippen molar-refractivity contribution in [1.82, 2.24) is 4.90 Å². The number of benzene rings is 3. The van der Waals surface area contributed by atoms with Gasteiger partial charge in [0.25, 0.3) is 5.91 Å². The third-order valence-electron chi connectivity index (χ3n) is 5.08. The minimum atomic E-state index is -0.355. The fourth-order valence-electron chi connectivity index (χ4n) is 3.39. The normalized spacial score (nSPS) is 15.8. The number of amides is 1. The minimum absolute atomic E-state index is 0.108. The predicted octanol–water partition coefficient (Wildman–Crippen LogP) is 6.83. The van der Waals surface area contributed by atoms with Crippen LogP contribution in [0.3, 0.4) is 0 Å². The Morgan fingerprint density at radius 3 is 2.54 bits per heavy atom. The fourth-order valence-corrected chi connectivity index (χ4v) is 4.73. The summed E-state index contributed by atoms with van der Waals surface area (Å²) in [7, 11) is 1.49. The molecule has 0 saturated carbocycles. The monoisotopic (exact) mass is 514 g/mol. The van der Waals surface area contributed by atoms with Crippen LogP contribution in [0.5, 0.6) is 11.5 Å². The molecule has 0 radical (unpaired) electrons. The van der Waals surface area contributed by atoms with Gasteiger partial charge in [-0.1, -0.05) is 23.7 Å². The van der Waals surface area contributed by atoms with Crippen molar-refractivity contribution in [2.24, 2.45) is 4.99 Å². The molecule has 1 aliphatic rings.